The molecule has 1 aliphatic rings. The maximum atomic E-state index is 3.38. The zero-order chi connectivity index (χ0) is 35.3. The van der Waals surface area contributed by atoms with Crippen molar-refractivity contribution in [2.24, 2.45) is 0 Å². The molecule has 0 spiro atoms. The molecular weight excluding hydrogens is 634 g/mol. The molecule has 0 aliphatic heterocycles. The first kappa shape index (κ1) is 35.6. The van der Waals surface area contributed by atoms with Crippen LogP contribution in [0.2, 0.25) is 0 Å². The van der Waals surface area contributed by atoms with Gasteiger partial charge in [0.05, 0.1) is 0 Å². The Bertz CT molecular complexity index is 2370. The number of fused-ring (bicyclic) bond motifs is 3. The molecule has 2 heteroatoms. The number of hydrogen-bond acceptors (Lipinski definition) is 1. The first-order valence-electron chi connectivity index (χ1n) is 17.8. The minimum absolute atomic E-state index is 0. The molecule has 0 radical (unpaired) electrons. The second-order valence-electron chi connectivity index (χ2n) is 13.5. The predicted molar refractivity (Wildman–Crippen MR) is 218 cm³/mol. The summed E-state index contributed by atoms with van der Waals surface area (Å²) >= 11 is 0. The molecule has 1 nitrogen and oxygen atoms in total. The van der Waals surface area contributed by atoms with Gasteiger partial charge in [-0.1, -0.05) is 98.8 Å². The van der Waals surface area contributed by atoms with E-state index in [1.54, 1.807) is 0 Å². The van der Waals surface area contributed by atoms with Gasteiger partial charge in [0.25, 0.3) is 0 Å². The SMILES string of the molecule is CC1(C)c2ccccc2-c2ccc(N(c3ccc(-c4ccccc4)cc3)c3ccc(-c4cc[c-]c(-c5[c-]cccc5)c4)cc3)cc21.[Li+].[c-]1ccccc1. The van der Waals surface area contributed by atoms with Crippen LogP contribution in [0.15, 0.2) is 194 Å². The Labute approximate surface area is 326 Å². The molecule has 9 rings (SSSR count). The average Bonchev–Trinajstić information content (AvgIpc) is 3.45. The van der Waals surface area contributed by atoms with Gasteiger partial charge in [-0.3, -0.25) is 0 Å². The normalized spacial score (nSPS) is 12.0. The van der Waals surface area contributed by atoms with Crippen molar-refractivity contribution in [1.29, 1.82) is 0 Å². The smallest absolute Gasteiger partial charge is 0.310 e. The van der Waals surface area contributed by atoms with Crippen molar-refractivity contribution in [3.05, 3.63) is 223 Å². The summed E-state index contributed by atoms with van der Waals surface area (Å²) in [4.78, 5) is 2.38. The van der Waals surface area contributed by atoms with Gasteiger partial charge in [-0.15, -0.1) is 17.7 Å². The van der Waals surface area contributed by atoms with Crippen molar-refractivity contribution < 1.29 is 18.9 Å². The van der Waals surface area contributed by atoms with Crippen LogP contribution in [0.5, 0.6) is 0 Å². The Kier molecular flexibility index (Phi) is 10.6. The molecule has 250 valence electrons. The van der Waals surface area contributed by atoms with E-state index in [9.17, 15) is 0 Å². The molecule has 0 atom stereocenters. The van der Waals surface area contributed by atoms with Crippen LogP contribution in [0.3, 0.4) is 0 Å². The van der Waals surface area contributed by atoms with Crippen LogP contribution >= 0.6 is 0 Å². The molecule has 0 saturated carbocycles. The molecule has 0 N–H and O–H groups in total. The van der Waals surface area contributed by atoms with E-state index in [0.29, 0.717) is 0 Å². The van der Waals surface area contributed by atoms with Crippen LogP contribution in [0.1, 0.15) is 25.0 Å². The molecule has 0 heterocycles. The van der Waals surface area contributed by atoms with Crippen molar-refractivity contribution in [2.75, 3.05) is 4.90 Å². The summed E-state index contributed by atoms with van der Waals surface area (Å²) < 4.78 is 0. The summed E-state index contributed by atoms with van der Waals surface area (Å²) in [5, 5.41) is 0. The molecule has 8 aromatic carbocycles. The van der Waals surface area contributed by atoms with E-state index < -0.39 is 0 Å². The number of hydrogen-bond donors (Lipinski definition) is 0. The molecule has 0 unspecified atom stereocenters. The van der Waals surface area contributed by atoms with Gasteiger partial charge in [-0.2, -0.15) is 78.9 Å². The van der Waals surface area contributed by atoms with Gasteiger partial charge in [0.1, 0.15) is 0 Å². The van der Waals surface area contributed by atoms with E-state index in [-0.39, 0.29) is 24.3 Å². The third kappa shape index (κ3) is 7.42. The second kappa shape index (κ2) is 15.8. The fraction of sp³-hybridized carbons (Fsp3) is 0.0588. The Balaban J connectivity index is 0.000000568. The molecule has 0 saturated heterocycles. The average molecular weight is 672 g/mol. The number of nitrogens with zero attached hydrogens (tertiary/aromatic N) is 1. The van der Waals surface area contributed by atoms with Gasteiger partial charge in [0.15, 0.2) is 0 Å². The largest absolute Gasteiger partial charge is 1.00 e. The minimum Gasteiger partial charge on any atom is -0.310 e. The second-order valence-corrected chi connectivity index (χ2v) is 13.5. The molecular formula is C51H38LiN-2. The van der Waals surface area contributed by atoms with Gasteiger partial charge in [-0.05, 0) is 75.3 Å². The molecule has 53 heavy (non-hydrogen) atoms. The summed E-state index contributed by atoms with van der Waals surface area (Å²) in [6.07, 6.45) is 0. The fourth-order valence-corrected chi connectivity index (χ4v) is 7.22. The van der Waals surface area contributed by atoms with Crippen LogP contribution in [0.25, 0.3) is 44.5 Å². The maximum absolute atomic E-state index is 3.38. The molecule has 1 aliphatic carbocycles. The standard InChI is InChI=1S/C45H33N.C6H5.Li/c1-45(2)43-19-10-9-18-41(43)42-29-28-40(31-44(42)45)46(38-24-20-34(21-25-38)32-12-5-3-6-13-32)39-26-22-35(23-27-39)37-17-11-16-36(30-37)33-14-7-4-8-15-33;1-2-4-6-5-3-1;/h3-14,17-31H,1-2H3;1-5H;/q-2;-1;+1. The fourth-order valence-electron chi connectivity index (χ4n) is 7.22. The van der Waals surface area contributed by atoms with E-state index in [0.717, 1.165) is 33.8 Å². The van der Waals surface area contributed by atoms with Crippen molar-refractivity contribution >= 4 is 17.1 Å². The van der Waals surface area contributed by atoms with E-state index in [2.05, 4.69) is 176 Å². The van der Waals surface area contributed by atoms with Gasteiger partial charge >= 0.3 is 18.9 Å². The minimum atomic E-state index is -0.0765. The van der Waals surface area contributed by atoms with Crippen LogP contribution in [0, 0.1) is 18.2 Å². The van der Waals surface area contributed by atoms with Crippen molar-refractivity contribution in [2.45, 2.75) is 19.3 Å². The molecule has 0 fully saturated rings. The topological polar surface area (TPSA) is 3.24 Å². The summed E-state index contributed by atoms with van der Waals surface area (Å²) in [7, 11) is 0. The van der Waals surface area contributed by atoms with Crippen molar-refractivity contribution in [3.63, 3.8) is 0 Å². The summed E-state index contributed by atoms with van der Waals surface area (Å²) in [6.45, 7) is 4.68. The first-order valence-corrected chi connectivity index (χ1v) is 17.8. The Morgan fingerprint density at radius 3 is 1.58 bits per heavy atom. The van der Waals surface area contributed by atoms with Crippen molar-refractivity contribution in [1.82, 2.24) is 0 Å². The molecule has 0 aromatic heterocycles. The summed E-state index contributed by atoms with van der Waals surface area (Å²) in [5.74, 6) is 0. The molecule has 0 bridgehead atoms. The van der Waals surface area contributed by atoms with Gasteiger partial charge in [0.2, 0.25) is 0 Å². The quantitative estimate of drug-likeness (QED) is 0.126. The first-order chi connectivity index (χ1) is 25.6. The number of benzene rings is 8. The monoisotopic (exact) mass is 671 g/mol. The van der Waals surface area contributed by atoms with Gasteiger partial charge in [0, 0.05) is 22.5 Å². The van der Waals surface area contributed by atoms with E-state index >= 15 is 0 Å². The number of rotatable bonds is 6. The van der Waals surface area contributed by atoms with E-state index in [1.807, 2.05) is 54.6 Å². The van der Waals surface area contributed by atoms with Gasteiger partial charge < -0.3 is 4.90 Å². The molecule has 8 aromatic rings. The Hall–Kier alpha value is -5.84. The number of anilines is 3. The maximum Gasteiger partial charge on any atom is 1.00 e. The third-order valence-electron chi connectivity index (χ3n) is 9.92. The third-order valence-corrected chi connectivity index (χ3v) is 9.92. The van der Waals surface area contributed by atoms with E-state index in [1.165, 1.54) is 38.9 Å². The van der Waals surface area contributed by atoms with Crippen LogP contribution in [-0.2, 0) is 5.41 Å². The Morgan fingerprint density at radius 2 is 0.943 bits per heavy atom. The van der Waals surface area contributed by atoms with Crippen LogP contribution in [-0.4, -0.2) is 0 Å². The summed E-state index contributed by atoms with van der Waals surface area (Å²) in [6, 6.07) is 77.8. The summed E-state index contributed by atoms with van der Waals surface area (Å²) in [5.41, 5.74) is 15.6. The van der Waals surface area contributed by atoms with E-state index in [4.69, 9.17) is 0 Å². The Morgan fingerprint density at radius 1 is 0.396 bits per heavy atom. The van der Waals surface area contributed by atoms with Crippen LogP contribution < -0.4 is 23.8 Å². The molecule has 0 amide bonds. The zero-order valence-electron chi connectivity index (χ0n) is 30.4. The van der Waals surface area contributed by atoms with Gasteiger partial charge in [-0.25, -0.2) is 11.1 Å². The van der Waals surface area contributed by atoms with Crippen LogP contribution in [0.4, 0.5) is 17.1 Å². The predicted octanol–water partition coefficient (Wildman–Crippen LogP) is 10.6. The zero-order valence-corrected chi connectivity index (χ0v) is 30.4. The van der Waals surface area contributed by atoms with Crippen molar-refractivity contribution in [3.8, 4) is 44.5 Å².